The zero-order valence-electron chi connectivity index (χ0n) is 16.8. The SMILES string of the molecule is O=C(c1cnc(-c2ccc3c(c2)OCO3)s1)N(Cc1cccc(F)c1)CC1CCCO1. The standard InChI is InChI=1S/C23H21FN2O4S/c24-17-4-1-3-15(9-17)12-26(13-18-5-2-8-28-18)23(27)21-11-25-22(31-21)16-6-7-19-20(10-16)30-14-29-19/h1,3-4,6-7,9-11,18H,2,5,8,12-14H2. The van der Waals surface area contributed by atoms with E-state index in [1.807, 2.05) is 24.3 Å². The number of halogens is 1. The van der Waals surface area contributed by atoms with Gasteiger partial charge in [0.1, 0.15) is 15.7 Å². The fourth-order valence-electron chi connectivity index (χ4n) is 3.80. The molecule has 0 aliphatic carbocycles. The lowest BCUT2D eigenvalue weighted by Gasteiger charge is -2.25. The molecule has 2 aliphatic rings. The second kappa shape index (κ2) is 8.64. The molecule has 1 aromatic heterocycles. The van der Waals surface area contributed by atoms with Crippen molar-refractivity contribution in [1.82, 2.24) is 9.88 Å². The summed E-state index contributed by atoms with van der Waals surface area (Å²) < 4.78 is 30.2. The number of rotatable bonds is 6. The summed E-state index contributed by atoms with van der Waals surface area (Å²) in [6.07, 6.45) is 3.50. The fraction of sp³-hybridized carbons (Fsp3) is 0.304. The molecule has 31 heavy (non-hydrogen) atoms. The molecule has 0 N–H and O–H groups in total. The minimum absolute atomic E-state index is 0.00115. The van der Waals surface area contributed by atoms with Crippen molar-refractivity contribution in [2.24, 2.45) is 0 Å². The highest BCUT2D eigenvalue weighted by Gasteiger charge is 2.25. The first-order chi connectivity index (χ1) is 15.2. The Morgan fingerprint density at radius 1 is 1.19 bits per heavy atom. The number of thiazole rings is 1. The summed E-state index contributed by atoms with van der Waals surface area (Å²) in [7, 11) is 0. The molecule has 1 saturated heterocycles. The molecule has 0 spiro atoms. The number of amides is 1. The lowest BCUT2D eigenvalue weighted by atomic mass is 10.1. The smallest absolute Gasteiger partial charge is 0.265 e. The Bertz CT molecular complexity index is 1100. The molecule has 0 radical (unpaired) electrons. The molecule has 1 atom stereocenters. The van der Waals surface area contributed by atoms with E-state index in [0.717, 1.165) is 29.0 Å². The van der Waals surface area contributed by atoms with Crippen LogP contribution in [0.1, 0.15) is 28.1 Å². The highest BCUT2D eigenvalue weighted by atomic mass is 32.1. The maximum atomic E-state index is 13.7. The maximum Gasteiger partial charge on any atom is 0.265 e. The molecule has 0 saturated carbocycles. The van der Waals surface area contributed by atoms with Gasteiger partial charge >= 0.3 is 0 Å². The van der Waals surface area contributed by atoms with E-state index >= 15 is 0 Å². The Hall–Kier alpha value is -2.97. The van der Waals surface area contributed by atoms with Crippen LogP contribution >= 0.6 is 11.3 Å². The number of ether oxygens (including phenoxy) is 3. The van der Waals surface area contributed by atoms with E-state index in [0.29, 0.717) is 36.1 Å². The van der Waals surface area contributed by atoms with Gasteiger partial charge in [-0.2, -0.15) is 0 Å². The predicted octanol–water partition coefficient (Wildman–Crippen LogP) is 4.50. The molecule has 1 unspecified atom stereocenters. The van der Waals surface area contributed by atoms with Crippen molar-refractivity contribution < 1.29 is 23.4 Å². The van der Waals surface area contributed by atoms with Crippen molar-refractivity contribution >= 4 is 17.2 Å². The molecule has 6 nitrogen and oxygen atoms in total. The number of hydrogen-bond acceptors (Lipinski definition) is 6. The van der Waals surface area contributed by atoms with Crippen LogP contribution in [0.4, 0.5) is 4.39 Å². The van der Waals surface area contributed by atoms with Crippen LogP contribution in [0, 0.1) is 5.82 Å². The molecule has 3 aromatic rings. The first kappa shape index (κ1) is 20.0. The average Bonchev–Trinajstić information content (AvgIpc) is 3.53. The summed E-state index contributed by atoms with van der Waals surface area (Å²) >= 11 is 1.33. The number of benzene rings is 2. The summed E-state index contributed by atoms with van der Waals surface area (Å²) in [5.74, 6) is 0.926. The average molecular weight is 440 g/mol. The topological polar surface area (TPSA) is 60.9 Å². The summed E-state index contributed by atoms with van der Waals surface area (Å²) in [4.78, 5) is 20.1. The molecular formula is C23H21FN2O4S. The minimum atomic E-state index is -0.315. The summed E-state index contributed by atoms with van der Waals surface area (Å²) in [5.41, 5.74) is 1.61. The third-order valence-electron chi connectivity index (χ3n) is 5.33. The lowest BCUT2D eigenvalue weighted by molar-refractivity contribution is 0.0510. The molecule has 1 fully saturated rings. The van der Waals surface area contributed by atoms with Crippen LogP contribution in [0.5, 0.6) is 11.5 Å². The molecule has 1 amide bonds. The number of fused-ring (bicyclic) bond motifs is 1. The molecule has 2 aromatic carbocycles. The van der Waals surface area contributed by atoms with Crippen LogP contribution in [-0.4, -0.2) is 41.8 Å². The summed E-state index contributed by atoms with van der Waals surface area (Å²) in [6, 6.07) is 11.9. The molecule has 5 rings (SSSR count). The van der Waals surface area contributed by atoms with Crippen molar-refractivity contribution in [1.29, 1.82) is 0 Å². The Labute approximate surface area is 183 Å². The fourth-order valence-corrected chi connectivity index (χ4v) is 4.68. The van der Waals surface area contributed by atoms with Crippen LogP contribution in [0.2, 0.25) is 0 Å². The van der Waals surface area contributed by atoms with E-state index in [9.17, 15) is 9.18 Å². The summed E-state index contributed by atoms with van der Waals surface area (Å²) in [5, 5.41) is 0.726. The van der Waals surface area contributed by atoms with Gasteiger partial charge in [-0.25, -0.2) is 9.37 Å². The van der Waals surface area contributed by atoms with E-state index in [4.69, 9.17) is 14.2 Å². The van der Waals surface area contributed by atoms with Gasteiger partial charge in [-0.15, -0.1) is 11.3 Å². The van der Waals surface area contributed by atoms with Crippen LogP contribution in [0.15, 0.2) is 48.7 Å². The zero-order valence-corrected chi connectivity index (χ0v) is 17.6. The van der Waals surface area contributed by atoms with Crippen LogP contribution in [-0.2, 0) is 11.3 Å². The van der Waals surface area contributed by atoms with E-state index in [1.54, 1.807) is 17.2 Å². The number of hydrogen-bond donors (Lipinski definition) is 0. The number of carbonyl (C=O) groups is 1. The first-order valence-electron chi connectivity index (χ1n) is 10.2. The van der Waals surface area contributed by atoms with Gasteiger partial charge in [0, 0.05) is 25.3 Å². The van der Waals surface area contributed by atoms with E-state index in [1.165, 1.54) is 23.5 Å². The third-order valence-corrected chi connectivity index (χ3v) is 6.37. The molecule has 8 heteroatoms. The molecular weight excluding hydrogens is 419 g/mol. The van der Waals surface area contributed by atoms with Crippen molar-refractivity contribution in [3.05, 3.63) is 64.9 Å². The lowest BCUT2D eigenvalue weighted by Crippen LogP contribution is -2.36. The van der Waals surface area contributed by atoms with Gasteiger partial charge in [0.05, 0.1) is 12.3 Å². The van der Waals surface area contributed by atoms with Gasteiger partial charge in [0.15, 0.2) is 11.5 Å². The Kier molecular flexibility index (Phi) is 5.57. The predicted molar refractivity (Wildman–Crippen MR) is 114 cm³/mol. The van der Waals surface area contributed by atoms with Gasteiger partial charge in [-0.1, -0.05) is 12.1 Å². The second-order valence-corrected chi connectivity index (χ2v) is 8.58. The van der Waals surface area contributed by atoms with Crippen LogP contribution in [0.3, 0.4) is 0 Å². The van der Waals surface area contributed by atoms with Gasteiger partial charge < -0.3 is 19.1 Å². The van der Waals surface area contributed by atoms with Crippen molar-refractivity contribution in [2.75, 3.05) is 19.9 Å². The zero-order chi connectivity index (χ0) is 21.2. The highest BCUT2D eigenvalue weighted by molar-refractivity contribution is 7.16. The van der Waals surface area contributed by atoms with Gasteiger partial charge in [0.25, 0.3) is 5.91 Å². The molecule has 160 valence electrons. The monoisotopic (exact) mass is 440 g/mol. The van der Waals surface area contributed by atoms with E-state index < -0.39 is 0 Å². The number of nitrogens with zero attached hydrogens (tertiary/aromatic N) is 2. The molecule has 2 aliphatic heterocycles. The van der Waals surface area contributed by atoms with Crippen molar-refractivity contribution in [2.45, 2.75) is 25.5 Å². The van der Waals surface area contributed by atoms with Gasteiger partial charge in [-0.3, -0.25) is 4.79 Å². The van der Waals surface area contributed by atoms with Crippen LogP contribution in [0.25, 0.3) is 10.6 Å². The second-order valence-electron chi connectivity index (χ2n) is 7.55. The highest BCUT2D eigenvalue weighted by Crippen LogP contribution is 2.37. The quantitative estimate of drug-likeness (QED) is 0.565. The maximum absolute atomic E-state index is 13.7. The number of carbonyl (C=O) groups excluding carboxylic acids is 1. The van der Waals surface area contributed by atoms with Gasteiger partial charge in [-0.05, 0) is 48.7 Å². The van der Waals surface area contributed by atoms with Crippen molar-refractivity contribution in [3.8, 4) is 22.1 Å². The third kappa shape index (κ3) is 4.40. The first-order valence-corrected chi connectivity index (χ1v) is 11.0. The van der Waals surface area contributed by atoms with Gasteiger partial charge in [0.2, 0.25) is 6.79 Å². The Morgan fingerprint density at radius 2 is 2.10 bits per heavy atom. The minimum Gasteiger partial charge on any atom is -0.454 e. The summed E-state index contributed by atoms with van der Waals surface area (Å²) in [6.45, 7) is 1.69. The molecule has 0 bridgehead atoms. The Morgan fingerprint density at radius 3 is 2.94 bits per heavy atom. The van der Waals surface area contributed by atoms with E-state index in [-0.39, 0.29) is 24.6 Å². The largest absolute Gasteiger partial charge is 0.454 e. The molecule has 3 heterocycles. The normalized spacial score (nSPS) is 17.1. The van der Waals surface area contributed by atoms with Crippen LogP contribution < -0.4 is 9.47 Å². The number of aromatic nitrogens is 1. The van der Waals surface area contributed by atoms with Crippen molar-refractivity contribution in [3.63, 3.8) is 0 Å². The van der Waals surface area contributed by atoms with E-state index in [2.05, 4.69) is 4.98 Å². The Balaban J connectivity index is 1.38.